The lowest BCUT2D eigenvalue weighted by Gasteiger charge is -2.27. The summed E-state index contributed by atoms with van der Waals surface area (Å²) < 4.78 is 39.4. The highest BCUT2D eigenvalue weighted by Gasteiger charge is 2.35. The molecule has 204 valence electrons. The highest BCUT2D eigenvalue weighted by atomic mass is 32.2. The van der Waals surface area contributed by atoms with Crippen LogP contribution in [0.15, 0.2) is 47.4 Å². The molecule has 1 aliphatic carbocycles. The van der Waals surface area contributed by atoms with Crippen LogP contribution in [0.3, 0.4) is 0 Å². The number of anilines is 1. The van der Waals surface area contributed by atoms with Crippen LogP contribution in [0.25, 0.3) is 10.2 Å². The predicted molar refractivity (Wildman–Crippen MR) is 149 cm³/mol. The van der Waals surface area contributed by atoms with Crippen LogP contribution in [0.5, 0.6) is 5.75 Å². The number of amides is 1. The van der Waals surface area contributed by atoms with Crippen LogP contribution in [0.2, 0.25) is 0 Å². The highest BCUT2D eigenvalue weighted by Crippen LogP contribution is 2.35. The second-order valence-corrected chi connectivity index (χ2v) is 12.6. The van der Waals surface area contributed by atoms with E-state index in [1.54, 1.807) is 24.1 Å². The summed E-state index contributed by atoms with van der Waals surface area (Å²) in [5, 5.41) is 0.601. The largest absolute Gasteiger partial charge is 0.492 e. The Balaban J connectivity index is 1.40. The quantitative estimate of drug-likeness (QED) is 0.353. The lowest BCUT2D eigenvalue weighted by atomic mass is 10.2. The van der Waals surface area contributed by atoms with Gasteiger partial charge in [0.15, 0.2) is 5.13 Å². The van der Waals surface area contributed by atoms with E-state index < -0.39 is 10.0 Å². The number of benzene rings is 2. The number of rotatable bonds is 11. The molecule has 1 aliphatic heterocycles. The number of para-hydroxylation sites is 1. The molecule has 0 bridgehead atoms. The van der Waals surface area contributed by atoms with Crippen molar-refractivity contribution in [2.45, 2.75) is 37.1 Å². The van der Waals surface area contributed by atoms with Gasteiger partial charge in [-0.2, -0.15) is 4.31 Å². The van der Waals surface area contributed by atoms with Crippen LogP contribution >= 0.6 is 11.3 Å². The molecule has 5 rings (SSSR count). The molecule has 1 aromatic heterocycles. The Bertz CT molecular complexity index is 1370. The van der Waals surface area contributed by atoms with Crippen LogP contribution in [0.4, 0.5) is 5.13 Å². The first kappa shape index (κ1) is 27.0. The van der Waals surface area contributed by atoms with Gasteiger partial charge in [0.05, 0.1) is 29.4 Å². The number of thiazole rings is 1. The highest BCUT2D eigenvalue weighted by molar-refractivity contribution is 7.89. The molecule has 0 N–H and O–H groups in total. The molecule has 38 heavy (non-hydrogen) atoms. The van der Waals surface area contributed by atoms with E-state index in [4.69, 9.17) is 14.5 Å². The van der Waals surface area contributed by atoms with Gasteiger partial charge in [-0.3, -0.25) is 14.6 Å². The number of ether oxygens (including phenoxy) is 2. The Kier molecular flexibility index (Phi) is 8.29. The zero-order valence-corrected chi connectivity index (χ0v) is 23.5. The van der Waals surface area contributed by atoms with Crippen LogP contribution in [0, 0.1) is 0 Å². The molecule has 3 aromatic rings. The summed E-state index contributed by atoms with van der Waals surface area (Å²) in [6, 6.07) is 12.1. The average molecular weight is 559 g/mol. The van der Waals surface area contributed by atoms with Gasteiger partial charge in [-0.15, -0.1) is 0 Å². The maximum atomic E-state index is 13.8. The van der Waals surface area contributed by atoms with E-state index in [1.807, 2.05) is 25.1 Å². The van der Waals surface area contributed by atoms with Crippen molar-refractivity contribution in [2.75, 3.05) is 57.9 Å². The molecule has 0 spiro atoms. The summed E-state index contributed by atoms with van der Waals surface area (Å²) in [7, 11) is -1.96. The van der Waals surface area contributed by atoms with Crippen LogP contribution in [-0.2, 0) is 14.8 Å². The number of fused-ring (bicyclic) bond motifs is 1. The zero-order valence-electron chi connectivity index (χ0n) is 21.8. The van der Waals surface area contributed by atoms with Gasteiger partial charge >= 0.3 is 0 Å². The van der Waals surface area contributed by atoms with E-state index in [0.717, 1.165) is 62.3 Å². The van der Waals surface area contributed by atoms with Crippen LogP contribution < -0.4 is 9.64 Å². The molecular formula is C27H34N4O5S2. The topological polar surface area (TPSA) is 92.3 Å². The first-order valence-electron chi connectivity index (χ1n) is 13.1. The van der Waals surface area contributed by atoms with Crippen LogP contribution in [-0.4, -0.2) is 87.6 Å². The number of carbonyl (C=O) groups is 1. The number of morpholine rings is 1. The second-order valence-electron chi connectivity index (χ2n) is 9.57. The number of carbonyl (C=O) groups excluding carboxylic acids is 1. The van der Waals surface area contributed by atoms with Gasteiger partial charge in [0, 0.05) is 44.8 Å². The number of nitrogens with zero attached hydrogens (tertiary/aromatic N) is 4. The van der Waals surface area contributed by atoms with Crippen LogP contribution in [0.1, 0.15) is 36.5 Å². The molecule has 9 nitrogen and oxygen atoms in total. The molecule has 11 heteroatoms. The molecule has 2 aromatic carbocycles. The second kappa shape index (κ2) is 11.7. The molecule has 1 amide bonds. The molecule has 0 radical (unpaired) electrons. The zero-order chi connectivity index (χ0) is 26.7. The van der Waals surface area contributed by atoms with E-state index in [-0.39, 0.29) is 16.8 Å². The SMILES string of the molecule is CCOc1cccc2sc(N(CCCN3CCOCC3)C(=O)c3ccc(S(=O)(=O)N(C)C4CC4)cc3)nc12. The number of hydrogen-bond acceptors (Lipinski definition) is 8. The lowest BCUT2D eigenvalue weighted by Crippen LogP contribution is -2.39. The molecule has 2 fully saturated rings. The summed E-state index contributed by atoms with van der Waals surface area (Å²) in [5.74, 6) is 0.492. The Labute approximate surface area is 228 Å². The maximum absolute atomic E-state index is 13.8. The fourth-order valence-electron chi connectivity index (χ4n) is 4.59. The predicted octanol–water partition coefficient (Wildman–Crippen LogP) is 3.85. The van der Waals surface area contributed by atoms with Gasteiger partial charge in [0.1, 0.15) is 11.3 Å². The maximum Gasteiger partial charge on any atom is 0.260 e. The smallest absolute Gasteiger partial charge is 0.260 e. The van der Waals surface area contributed by atoms with Crippen molar-refractivity contribution >= 4 is 42.6 Å². The molecule has 1 saturated carbocycles. The van der Waals surface area contributed by atoms with E-state index in [9.17, 15) is 13.2 Å². The van der Waals surface area contributed by atoms with Gasteiger partial charge in [-0.1, -0.05) is 17.4 Å². The third kappa shape index (κ3) is 5.86. The van der Waals surface area contributed by atoms with Gasteiger partial charge < -0.3 is 9.47 Å². The molecule has 0 unspecified atom stereocenters. The van der Waals surface area contributed by atoms with E-state index in [0.29, 0.717) is 29.6 Å². The lowest BCUT2D eigenvalue weighted by molar-refractivity contribution is 0.0376. The van der Waals surface area contributed by atoms with Crippen molar-refractivity contribution in [1.29, 1.82) is 0 Å². The Morgan fingerprint density at radius 2 is 1.89 bits per heavy atom. The number of aromatic nitrogens is 1. The van der Waals surface area contributed by atoms with Gasteiger partial charge in [-0.05, 0) is 62.6 Å². The normalized spacial score (nSPS) is 16.7. The fraction of sp³-hybridized carbons (Fsp3) is 0.481. The summed E-state index contributed by atoms with van der Waals surface area (Å²) in [6.07, 6.45) is 2.55. The standard InChI is InChI=1S/C27H34N4O5S2/c1-3-36-23-6-4-7-24-25(23)28-27(37-24)31(15-5-14-30-16-18-35-19-17-30)26(32)20-8-12-22(13-9-20)38(33,34)29(2)21-10-11-21/h4,6-9,12-13,21H,3,5,10-11,14-19H2,1-2H3. The minimum Gasteiger partial charge on any atom is -0.492 e. The summed E-state index contributed by atoms with van der Waals surface area (Å²) in [4.78, 5) is 22.9. The molecule has 2 aliphatic rings. The Morgan fingerprint density at radius 3 is 2.58 bits per heavy atom. The molecule has 2 heterocycles. The minimum absolute atomic E-state index is 0.0730. The van der Waals surface area contributed by atoms with Crippen molar-refractivity contribution in [3.05, 3.63) is 48.0 Å². The third-order valence-corrected chi connectivity index (χ3v) is 9.91. The fourth-order valence-corrected chi connectivity index (χ4v) is 7.01. The van der Waals surface area contributed by atoms with Crippen molar-refractivity contribution in [3.8, 4) is 5.75 Å². The van der Waals surface area contributed by atoms with Crippen molar-refractivity contribution in [2.24, 2.45) is 0 Å². The first-order valence-corrected chi connectivity index (χ1v) is 15.4. The van der Waals surface area contributed by atoms with Crippen molar-refractivity contribution in [3.63, 3.8) is 0 Å². The summed E-state index contributed by atoms with van der Waals surface area (Å²) in [6.45, 7) is 7.03. The number of hydrogen-bond donors (Lipinski definition) is 0. The summed E-state index contributed by atoms with van der Waals surface area (Å²) >= 11 is 1.45. The minimum atomic E-state index is -3.58. The average Bonchev–Trinajstić information content (AvgIpc) is 3.69. The number of sulfonamides is 1. The van der Waals surface area contributed by atoms with Crippen molar-refractivity contribution < 1.29 is 22.7 Å². The summed E-state index contributed by atoms with van der Waals surface area (Å²) in [5.41, 5.74) is 1.17. The molecule has 0 atom stereocenters. The first-order chi connectivity index (χ1) is 18.4. The Morgan fingerprint density at radius 1 is 1.16 bits per heavy atom. The van der Waals surface area contributed by atoms with Gasteiger partial charge in [0.25, 0.3) is 5.91 Å². The van der Waals surface area contributed by atoms with E-state index in [2.05, 4.69) is 4.90 Å². The van der Waals surface area contributed by atoms with Gasteiger partial charge in [0.2, 0.25) is 10.0 Å². The van der Waals surface area contributed by atoms with E-state index >= 15 is 0 Å². The third-order valence-electron chi connectivity index (χ3n) is 6.95. The molecule has 1 saturated heterocycles. The van der Waals surface area contributed by atoms with Crippen molar-refractivity contribution in [1.82, 2.24) is 14.2 Å². The van der Waals surface area contributed by atoms with E-state index in [1.165, 1.54) is 27.8 Å². The monoisotopic (exact) mass is 558 g/mol. The molecular weight excluding hydrogens is 524 g/mol. The Hall–Kier alpha value is -2.57. The van der Waals surface area contributed by atoms with Gasteiger partial charge in [-0.25, -0.2) is 13.4 Å².